The van der Waals surface area contributed by atoms with Crippen LogP contribution in [0.25, 0.3) is 11.0 Å². The molecule has 62 valence electrons. The third kappa shape index (κ3) is 1.04. The molecule has 1 heterocycles. The molecule has 0 radical (unpaired) electrons. The van der Waals surface area contributed by atoms with Gasteiger partial charge in [0.2, 0.25) is 0 Å². The summed E-state index contributed by atoms with van der Waals surface area (Å²) in [5.74, 6) is 0. The van der Waals surface area contributed by atoms with Gasteiger partial charge in [-0.25, -0.2) is 0 Å². The highest BCUT2D eigenvalue weighted by Gasteiger charge is 2.05. The van der Waals surface area contributed by atoms with Crippen molar-refractivity contribution < 1.29 is 4.52 Å². The van der Waals surface area contributed by atoms with E-state index in [1.54, 1.807) is 6.20 Å². The van der Waals surface area contributed by atoms with E-state index in [0.29, 0.717) is 6.54 Å². The molecule has 1 aromatic heterocycles. The fourth-order valence-corrected chi connectivity index (χ4v) is 1.71. The Bertz CT molecular complexity index is 410. The first-order chi connectivity index (χ1) is 5.83. The molecule has 4 heteroatoms. The molecule has 0 aliphatic heterocycles. The van der Waals surface area contributed by atoms with Crippen molar-refractivity contribution in [2.45, 2.75) is 6.54 Å². The van der Waals surface area contributed by atoms with E-state index < -0.39 is 0 Å². The largest absolute Gasteiger partial charge is 0.356 e. The van der Waals surface area contributed by atoms with Crippen molar-refractivity contribution in [1.82, 2.24) is 5.16 Å². The molecular weight excluding hydrogens is 220 g/mol. The summed E-state index contributed by atoms with van der Waals surface area (Å²) < 4.78 is 5.95. The van der Waals surface area contributed by atoms with Gasteiger partial charge in [-0.05, 0) is 27.6 Å². The van der Waals surface area contributed by atoms with E-state index >= 15 is 0 Å². The number of hydrogen-bond acceptors (Lipinski definition) is 3. The number of aromatic nitrogens is 1. The standard InChI is InChI=1S/C8H7BrN2O/c9-8-5(3-10)1-2-7-6(8)4-11-12-7/h1-2,4H,3,10H2. The van der Waals surface area contributed by atoms with Gasteiger partial charge in [0.05, 0.1) is 11.6 Å². The number of rotatable bonds is 1. The summed E-state index contributed by atoms with van der Waals surface area (Å²) in [5, 5.41) is 4.66. The molecule has 0 atom stereocenters. The monoisotopic (exact) mass is 226 g/mol. The van der Waals surface area contributed by atoms with Gasteiger partial charge in [0.25, 0.3) is 0 Å². The number of benzene rings is 1. The summed E-state index contributed by atoms with van der Waals surface area (Å²) in [6.45, 7) is 0.516. The van der Waals surface area contributed by atoms with Gasteiger partial charge in [-0.1, -0.05) is 11.2 Å². The molecule has 0 unspecified atom stereocenters. The topological polar surface area (TPSA) is 52.0 Å². The lowest BCUT2D eigenvalue weighted by Gasteiger charge is -1.99. The van der Waals surface area contributed by atoms with E-state index in [1.165, 1.54) is 0 Å². The molecule has 3 nitrogen and oxygen atoms in total. The molecule has 2 aromatic rings. The first-order valence-corrected chi connectivity index (χ1v) is 4.34. The van der Waals surface area contributed by atoms with E-state index in [0.717, 1.165) is 21.0 Å². The Morgan fingerprint density at radius 2 is 2.33 bits per heavy atom. The van der Waals surface area contributed by atoms with Crippen LogP contribution >= 0.6 is 15.9 Å². The number of nitrogens with zero attached hydrogens (tertiary/aromatic N) is 1. The maximum absolute atomic E-state index is 5.53. The smallest absolute Gasteiger partial charge is 0.168 e. The maximum atomic E-state index is 5.53. The molecule has 0 saturated heterocycles. The van der Waals surface area contributed by atoms with Gasteiger partial charge in [-0.2, -0.15) is 0 Å². The SMILES string of the molecule is NCc1ccc2oncc2c1Br. The minimum atomic E-state index is 0.516. The second-order valence-corrected chi connectivity index (χ2v) is 3.27. The second kappa shape index (κ2) is 2.88. The molecule has 0 fully saturated rings. The lowest BCUT2D eigenvalue weighted by molar-refractivity contribution is 0.456. The van der Waals surface area contributed by atoms with Crippen LogP contribution in [0.2, 0.25) is 0 Å². The first-order valence-electron chi connectivity index (χ1n) is 3.55. The highest BCUT2D eigenvalue weighted by Crippen LogP contribution is 2.26. The number of hydrogen-bond donors (Lipinski definition) is 1. The third-order valence-electron chi connectivity index (χ3n) is 1.77. The van der Waals surface area contributed by atoms with Crippen LogP contribution in [0.1, 0.15) is 5.56 Å². The number of halogens is 1. The van der Waals surface area contributed by atoms with Crippen molar-refractivity contribution in [1.29, 1.82) is 0 Å². The number of fused-ring (bicyclic) bond motifs is 1. The molecule has 0 saturated carbocycles. The second-order valence-electron chi connectivity index (χ2n) is 2.48. The zero-order valence-electron chi connectivity index (χ0n) is 6.25. The van der Waals surface area contributed by atoms with Crippen molar-refractivity contribution in [2.75, 3.05) is 0 Å². The molecule has 0 bridgehead atoms. The van der Waals surface area contributed by atoms with Crippen molar-refractivity contribution in [3.8, 4) is 0 Å². The van der Waals surface area contributed by atoms with Gasteiger partial charge in [0.1, 0.15) is 0 Å². The minimum absolute atomic E-state index is 0.516. The van der Waals surface area contributed by atoms with Gasteiger partial charge >= 0.3 is 0 Å². The Labute approximate surface area is 77.7 Å². The van der Waals surface area contributed by atoms with Crippen molar-refractivity contribution >= 4 is 26.9 Å². The minimum Gasteiger partial charge on any atom is -0.356 e. The molecule has 0 amide bonds. The maximum Gasteiger partial charge on any atom is 0.168 e. The lowest BCUT2D eigenvalue weighted by atomic mass is 10.2. The summed E-state index contributed by atoms with van der Waals surface area (Å²) in [4.78, 5) is 0. The Kier molecular flexibility index (Phi) is 1.86. The molecular formula is C8H7BrN2O. The van der Waals surface area contributed by atoms with Crippen LogP contribution in [0.5, 0.6) is 0 Å². The van der Waals surface area contributed by atoms with Crippen LogP contribution in [-0.4, -0.2) is 5.16 Å². The molecule has 0 aliphatic rings. The lowest BCUT2D eigenvalue weighted by Crippen LogP contribution is -1.96. The van der Waals surface area contributed by atoms with E-state index in [1.807, 2.05) is 12.1 Å². The Balaban J connectivity index is 2.78. The molecule has 1 aromatic carbocycles. The molecule has 2 rings (SSSR count). The van der Waals surface area contributed by atoms with Crippen LogP contribution in [0, 0.1) is 0 Å². The molecule has 0 aliphatic carbocycles. The fraction of sp³-hybridized carbons (Fsp3) is 0.125. The fourth-order valence-electron chi connectivity index (χ4n) is 1.11. The summed E-state index contributed by atoms with van der Waals surface area (Å²) in [7, 11) is 0. The van der Waals surface area contributed by atoms with Gasteiger partial charge in [-0.15, -0.1) is 0 Å². The predicted molar refractivity (Wildman–Crippen MR) is 49.6 cm³/mol. The van der Waals surface area contributed by atoms with Crippen molar-refractivity contribution in [3.63, 3.8) is 0 Å². The van der Waals surface area contributed by atoms with Crippen molar-refractivity contribution in [3.05, 3.63) is 28.4 Å². The van der Waals surface area contributed by atoms with Crippen LogP contribution < -0.4 is 5.73 Å². The zero-order valence-corrected chi connectivity index (χ0v) is 7.84. The van der Waals surface area contributed by atoms with E-state index in [2.05, 4.69) is 21.1 Å². The molecule has 12 heavy (non-hydrogen) atoms. The first kappa shape index (κ1) is 7.76. The summed E-state index contributed by atoms with van der Waals surface area (Å²) in [6.07, 6.45) is 1.68. The van der Waals surface area contributed by atoms with Crippen molar-refractivity contribution in [2.24, 2.45) is 5.73 Å². The zero-order chi connectivity index (χ0) is 8.55. The number of nitrogens with two attached hydrogens (primary N) is 1. The highest BCUT2D eigenvalue weighted by molar-refractivity contribution is 9.10. The molecule has 2 N–H and O–H groups in total. The summed E-state index contributed by atoms with van der Waals surface area (Å²) >= 11 is 3.44. The van der Waals surface area contributed by atoms with Gasteiger partial charge in [-0.3, -0.25) is 0 Å². The van der Waals surface area contributed by atoms with Gasteiger partial charge < -0.3 is 10.3 Å². The van der Waals surface area contributed by atoms with Gasteiger partial charge in [0, 0.05) is 11.0 Å². The van der Waals surface area contributed by atoms with E-state index in [4.69, 9.17) is 10.3 Å². The Morgan fingerprint density at radius 3 is 3.08 bits per heavy atom. The van der Waals surface area contributed by atoms with Crippen LogP contribution in [0.4, 0.5) is 0 Å². The Hall–Kier alpha value is -0.870. The van der Waals surface area contributed by atoms with E-state index in [-0.39, 0.29) is 0 Å². The normalized spacial score (nSPS) is 10.8. The predicted octanol–water partition coefficient (Wildman–Crippen LogP) is 2.05. The quantitative estimate of drug-likeness (QED) is 0.810. The highest BCUT2D eigenvalue weighted by atomic mass is 79.9. The van der Waals surface area contributed by atoms with Crippen LogP contribution in [0.15, 0.2) is 27.3 Å². The summed E-state index contributed by atoms with van der Waals surface area (Å²) in [5.41, 5.74) is 7.37. The third-order valence-corrected chi connectivity index (χ3v) is 2.71. The summed E-state index contributed by atoms with van der Waals surface area (Å²) in [6, 6.07) is 3.80. The Morgan fingerprint density at radius 1 is 1.50 bits per heavy atom. The van der Waals surface area contributed by atoms with Crippen LogP contribution in [-0.2, 0) is 6.54 Å². The van der Waals surface area contributed by atoms with Gasteiger partial charge in [0.15, 0.2) is 5.58 Å². The van der Waals surface area contributed by atoms with Crippen LogP contribution in [0.3, 0.4) is 0 Å². The average molecular weight is 227 g/mol. The average Bonchev–Trinajstić information content (AvgIpc) is 2.53. The van der Waals surface area contributed by atoms with E-state index in [9.17, 15) is 0 Å². The molecule has 0 spiro atoms.